The molecule has 0 bridgehead atoms. The van der Waals surface area contributed by atoms with Crippen molar-refractivity contribution in [1.29, 1.82) is 0 Å². The molecular weight excluding hydrogens is 292 g/mol. The van der Waals surface area contributed by atoms with Crippen molar-refractivity contribution in [2.45, 2.75) is 47.0 Å². The molecule has 23 heavy (non-hydrogen) atoms. The molecule has 1 N–H and O–H groups in total. The first-order valence-electron chi connectivity index (χ1n) is 8.02. The van der Waals surface area contributed by atoms with E-state index in [1.807, 2.05) is 45.9 Å². The summed E-state index contributed by atoms with van der Waals surface area (Å²) >= 11 is 0. The number of nitrogens with one attached hydrogen (secondary N) is 1. The van der Waals surface area contributed by atoms with Crippen LogP contribution in [0.5, 0.6) is 0 Å². The summed E-state index contributed by atoms with van der Waals surface area (Å²) in [6, 6.07) is 5.73. The molecule has 0 aliphatic rings. The van der Waals surface area contributed by atoms with Crippen LogP contribution in [-0.2, 0) is 20.7 Å². The maximum Gasteiger partial charge on any atom is 0.311 e. The van der Waals surface area contributed by atoms with Crippen molar-refractivity contribution >= 4 is 11.9 Å². The average molecular weight is 320 g/mol. The van der Waals surface area contributed by atoms with Crippen LogP contribution in [0.4, 0.5) is 0 Å². The zero-order valence-electron chi connectivity index (χ0n) is 14.8. The number of rotatable bonds is 8. The van der Waals surface area contributed by atoms with Gasteiger partial charge in [0.25, 0.3) is 0 Å². The van der Waals surface area contributed by atoms with Crippen molar-refractivity contribution in [3.8, 4) is 0 Å². The molecule has 1 atom stereocenters. The van der Waals surface area contributed by atoms with Gasteiger partial charge in [0.1, 0.15) is 0 Å². The summed E-state index contributed by atoms with van der Waals surface area (Å²) in [5.41, 5.74) is -0.361. The van der Waals surface area contributed by atoms with Gasteiger partial charge in [-0.2, -0.15) is 0 Å². The van der Waals surface area contributed by atoms with Crippen molar-refractivity contribution < 1.29 is 14.3 Å². The van der Waals surface area contributed by atoms with E-state index in [0.717, 1.165) is 5.69 Å². The van der Waals surface area contributed by atoms with Gasteiger partial charge in [0, 0.05) is 30.3 Å². The van der Waals surface area contributed by atoms with Crippen LogP contribution < -0.4 is 5.32 Å². The molecule has 0 aliphatic heterocycles. The molecule has 1 heterocycles. The Morgan fingerprint density at radius 2 is 1.96 bits per heavy atom. The number of carbonyl (C=O) groups is 2. The first-order valence-corrected chi connectivity index (χ1v) is 8.02. The molecule has 1 aromatic heterocycles. The standard InChI is InChI=1S/C18H28N2O3/c1-6-18(4,13-17(2,3)16(22)23-5)15(21)20-12-10-14-9-7-8-11-19-14/h7-9,11H,6,10,12-13H2,1-5H3,(H,20,21). The normalized spacial score (nSPS) is 14.0. The molecule has 0 spiro atoms. The molecule has 0 aliphatic carbocycles. The quantitative estimate of drug-likeness (QED) is 0.748. The lowest BCUT2D eigenvalue weighted by Gasteiger charge is -2.34. The number of aromatic nitrogens is 1. The predicted octanol–water partition coefficient (Wildman–Crippen LogP) is 2.75. The zero-order valence-corrected chi connectivity index (χ0v) is 14.8. The third-order valence-corrected chi connectivity index (χ3v) is 4.29. The Bertz CT molecular complexity index is 528. The van der Waals surface area contributed by atoms with Gasteiger partial charge in [-0.25, -0.2) is 0 Å². The highest BCUT2D eigenvalue weighted by Gasteiger charge is 2.41. The van der Waals surface area contributed by atoms with E-state index in [1.54, 1.807) is 6.20 Å². The van der Waals surface area contributed by atoms with E-state index in [2.05, 4.69) is 10.3 Å². The first-order chi connectivity index (χ1) is 10.7. The van der Waals surface area contributed by atoms with Crippen LogP contribution in [0, 0.1) is 10.8 Å². The zero-order chi connectivity index (χ0) is 17.5. The van der Waals surface area contributed by atoms with Gasteiger partial charge in [-0.3, -0.25) is 14.6 Å². The molecule has 0 aromatic carbocycles. The van der Waals surface area contributed by atoms with Crippen LogP contribution in [0.25, 0.3) is 0 Å². The largest absolute Gasteiger partial charge is 0.469 e. The summed E-state index contributed by atoms with van der Waals surface area (Å²) in [6.45, 7) is 8.02. The average Bonchev–Trinajstić information content (AvgIpc) is 2.54. The topological polar surface area (TPSA) is 68.3 Å². The molecule has 1 aromatic rings. The van der Waals surface area contributed by atoms with Crippen LogP contribution in [-0.4, -0.2) is 30.5 Å². The molecule has 0 saturated heterocycles. The monoisotopic (exact) mass is 320 g/mol. The number of amides is 1. The Morgan fingerprint density at radius 1 is 1.26 bits per heavy atom. The fourth-order valence-electron chi connectivity index (χ4n) is 2.75. The van der Waals surface area contributed by atoms with Crippen LogP contribution in [0.1, 0.15) is 46.2 Å². The third kappa shape index (κ3) is 5.34. The Morgan fingerprint density at radius 3 is 2.48 bits per heavy atom. The van der Waals surface area contributed by atoms with Crippen LogP contribution in [0.15, 0.2) is 24.4 Å². The van der Waals surface area contributed by atoms with E-state index < -0.39 is 10.8 Å². The molecule has 1 rings (SSSR count). The molecule has 5 heteroatoms. The van der Waals surface area contributed by atoms with E-state index in [-0.39, 0.29) is 11.9 Å². The number of hydrogen-bond acceptors (Lipinski definition) is 4. The highest BCUT2D eigenvalue weighted by atomic mass is 16.5. The van der Waals surface area contributed by atoms with Crippen molar-refractivity contribution in [2.24, 2.45) is 10.8 Å². The first kappa shape index (κ1) is 19.1. The lowest BCUT2D eigenvalue weighted by molar-refractivity contribution is -0.153. The van der Waals surface area contributed by atoms with Crippen LogP contribution in [0.3, 0.4) is 0 Å². The van der Waals surface area contributed by atoms with Crippen molar-refractivity contribution in [3.63, 3.8) is 0 Å². The van der Waals surface area contributed by atoms with Crippen LogP contribution >= 0.6 is 0 Å². The molecule has 0 radical (unpaired) electrons. The highest BCUT2D eigenvalue weighted by Crippen LogP contribution is 2.37. The molecule has 5 nitrogen and oxygen atoms in total. The van der Waals surface area contributed by atoms with E-state index in [0.29, 0.717) is 25.8 Å². The SMILES string of the molecule is CCC(C)(CC(C)(C)C(=O)OC)C(=O)NCCc1ccccn1. The minimum Gasteiger partial charge on any atom is -0.469 e. The number of nitrogens with zero attached hydrogens (tertiary/aromatic N) is 1. The Kier molecular flexibility index (Phi) is 6.73. The molecular formula is C18H28N2O3. The lowest BCUT2D eigenvalue weighted by atomic mass is 9.72. The second-order valence-corrected chi connectivity index (χ2v) is 6.79. The number of esters is 1. The second kappa shape index (κ2) is 8.09. The van der Waals surface area contributed by atoms with Gasteiger partial charge >= 0.3 is 5.97 Å². The van der Waals surface area contributed by atoms with Gasteiger partial charge < -0.3 is 10.1 Å². The number of hydrogen-bond donors (Lipinski definition) is 1. The Balaban J connectivity index is 2.64. The number of carbonyl (C=O) groups excluding carboxylic acids is 2. The lowest BCUT2D eigenvalue weighted by Crippen LogP contribution is -2.44. The predicted molar refractivity (Wildman–Crippen MR) is 89.8 cm³/mol. The Hall–Kier alpha value is -1.91. The number of pyridine rings is 1. The van der Waals surface area contributed by atoms with Crippen molar-refractivity contribution in [2.75, 3.05) is 13.7 Å². The summed E-state index contributed by atoms with van der Waals surface area (Å²) in [5.74, 6) is -0.327. The molecule has 0 fully saturated rings. The number of methoxy groups -OCH3 is 1. The minimum atomic E-state index is -0.697. The van der Waals surface area contributed by atoms with Crippen molar-refractivity contribution in [3.05, 3.63) is 30.1 Å². The molecule has 0 saturated carbocycles. The fraction of sp³-hybridized carbons (Fsp3) is 0.611. The van der Waals surface area contributed by atoms with Crippen molar-refractivity contribution in [1.82, 2.24) is 10.3 Å². The van der Waals surface area contributed by atoms with Gasteiger partial charge in [-0.1, -0.05) is 19.9 Å². The molecule has 1 amide bonds. The van der Waals surface area contributed by atoms with E-state index >= 15 is 0 Å². The molecule has 1 unspecified atom stereocenters. The summed E-state index contributed by atoms with van der Waals surface area (Å²) in [6.07, 6.45) is 3.53. The second-order valence-electron chi connectivity index (χ2n) is 6.79. The van der Waals surface area contributed by atoms with Gasteiger partial charge in [-0.05, 0) is 38.8 Å². The minimum absolute atomic E-state index is 0.0343. The van der Waals surface area contributed by atoms with E-state index in [9.17, 15) is 9.59 Å². The van der Waals surface area contributed by atoms with Crippen LogP contribution in [0.2, 0.25) is 0 Å². The smallest absolute Gasteiger partial charge is 0.311 e. The Labute approximate surface area is 138 Å². The summed E-state index contributed by atoms with van der Waals surface area (Å²) < 4.78 is 4.85. The van der Waals surface area contributed by atoms with Gasteiger partial charge in [-0.15, -0.1) is 0 Å². The van der Waals surface area contributed by atoms with Gasteiger partial charge in [0.15, 0.2) is 0 Å². The van der Waals surface area contributed by atoms with Gasteiger partial charge in [0.05, 0.1) is 12.5 Å². The molecule has 128 valence electrons. The third-order valence-electron chi connectivity index (χ3n) is 4.29. The van der Waals surface area contributed by atoms with E-state index in [4.69, 9.17) is 4.74 Å². The summed E-state index contributed by atoms with van der Waals surface area (Å²) in [4.78, 5) is 28.7. The van der Waals surface area contributed by atoms with E-state index in [1.165, 1.54) is 7.11 Å². The maximum absolute atomic E-state index is 12.6. The summed E-state index contributed by atoms with van der Waals surface area (Å²) in [7, 11) is 1.38. The maximum atomic E-state index is 12.6. The number of ether oxygens (including phenoxy) is 1. The fourth-order valence-corrected chi connectivity index (χ4v) is 2.75. The highest BCUT2D eigenvalue weighted by molar-refractivity contribution is 5.84. The summed E-state index contributed by atoms with van der Waals surface area (Å²) in [5, 5.41) is 2.97. The van der Waals surface area contributed by atoms with Gasteiger partial charge in [0.2, 0.25) is 5.91 Å².